The van der Waals surface area contributed by atoms with Crippen LogP contribution in [0, 0.1) is 5.41 Å². The van der Waals surface area contributed by atoms with Gasteiger partial charge in [-0.05, 0) is 68.6 Å². The second kappa shape index (κ2) is 4.40. The lowest BCUT2D eigenvalue weighted by Gasteiger charge is -2.25. The van der Waals surface area contributed by atoms with Crippen LogP contribution in [-0.4, -0.2) is 6.29 Å². The van der Waals surface area contributed by atoms with Gasteiger partial charge in [-0.25, -0.2) is 0 Å². The van der Waals surface area contributed by atoms with Crippen LogP contribution in [0.3, 0.4) is 0 Å². The molecule has 2 rings (SSSR count). The fourth-order valence-corrected chi connectivity index (χ4v) is 2.78. The summed E-state index contributed by atoms with van der Waals surface area (Å²) in [6.45, 7) is 4.24. The first kappa shape index (κ1) is 11.4. The Bertz CT molecular complexity index is 378. The first-order valence-corrected chi connectivity index (χ1v) is 6.18. The van der Waals surface area contributed by atoms with Crippen LogP contribution in [0.25, 0.3) is 0 Å². The molecule has 0 aliphatic heterocycles. The molecule has 1 nitrogen and oxygen atoms in total. The van der Waals surface area contributed by atoms with Crippen LogP contribution in [-0.2, 0) is 4.79 Å². The molecular formula is C15H20O. The van der Waals surface area contributed by atoms with Gasteiger partial charge < -0.3 is 0 Å². The summed E-state index contributed by atoms with van der Waals surface area (Å²) in [4.78, 5) is 10.3. The first-order chi connectivity index (χ1) is 7.68. The highest BCUT2D eigenvalue weighted by atomic mass is 16.1. The van der Waals surface area contributed by atoms with Crippen LogP contribution in [0.4, 0.5) is 0 Å². The van der Waals surface area contributed by atoms with Crippen molar-refractivity contribution in [3.8, 4) is 0 Å². The van der Waals surface area contributed by atoms with Gasteiger partial charge in [0.1, 0.15) is 6.29 Å². The van der Waals surface area contributed by atoms with E-state index in [1.54, 1.807) is 17.2 Å². The molecule has 1 heteroatoms. The van der Waals surface area contributed by atoms with E-state index in [2.05, 4.69) is 19.1 Å². The van der Waals surface area contributed by atoms with E-state index in [1.165, 1.54) is 32.1 Å². The number of allylic oxidation sites excluding steroid dienone is 6. The fraction of sp³-hybridized carbons (Fsp3) is 0.533. The smallest absolute Gasteiger partial charge is 0.143 e. The molecule has 1 fully saturated rings. The average Bonchev–Trinajstić information content (AvgIpc) is 2.98. The van der Waals surface area contributed by atoms with Gasteiger partial charge in [0, 0.05) is 0 Å². The molecular weight excluding hydrogens is 196 g/mol. The van der Waals surface area contributed by atoms with Crippen LogP contribution in [0.1, 0.15) is 46.0 Å². The summed E-state index contributed by atoms with van der Waals surface area (Å²) in [7, 11) is 0. The summed E-state index contributed by atoms with van der Waals surface area (Å²) in [5, 5.41) is 0. The zero-order valence-electron chi connectivity index (χ0n) is 10.3. The topological polar surface area (TPSA) is 17.1 Å². The SMILES string of the molecule is CC1=C(/C=C/C(C)=C/C=O)C2(CCC1)CC2. The quantitative estimate of drug-likeness (QED) is 0.396. The van der Waals surface area contributed by atoms with Crippen molar-refractivity contribution in [1.82, 2.24) is 0 Å². The Labute approximate surface area is 97.9 Å². The predicted octanol–water partition coefficient (Wildman–Crippen LogP) is 3.97. The van der Waals surface area contributed by atoms with Crippen LogP contribution in [0.15, 0.2) is 34.9 Å². The Hall–Kier alpha value is -1.11. The molecule has 16 heavy (non-hydrogen) atoms. The van der Waals surface area contributed by atoms with Crippen molar-refractivity contribution in [2.45, 2.75) is 46.0 Å². The molecule has 1 saturated carbocycles. The van der Waals surface area contributed by atoms with E-state index in [4.69, 9.17) is 0 Å². The number of hydrogen-bond donors (Lipinski definition) is 0. The third-order valence-corrected chi connectivity index (χ3v) is 3.94. The lowest BCUT2D eigenvalue weighted by Crippen LogP contribution is -2.10. The maximum absolute atomic E-state index is 10.3. The molecule has 1 spiro atoms. The minimum atomic E-state index is 0.528. The lowest BCUT2D eigenvalue weighted by molar-refractivity contribution is -0.104. The third-order valence-electron chi connectivity index (χ3n) is 3.94. The van der Waals surface area contributed by atoms with Crippen molar-refractivity contribution in [2.24, 2.45) is 5.41 Å². The minimum Gasteiger partial charge on any atom is -0.299 e. The average molecular weight is 216 g/mol. The molecule has 0 aromatic rings. The normalized spacial score (nSPS) is 24.2. The molecule has 0 aromatic carbocycles. The van der Waals surface area contributed by atoms with Crippen molar-refractivity contribution < 1.29 is 4.79 Å². The van der Waals surface area contributed by atoms with Crippen LogP contribution < -0.4 is 0 Å². The van der Waals surface area contributed by atoms with Gasteiger partial charge in [-0.1, -0.05) is 17.7 Å². The number of carbonyl (C=O) groups is 1. The molecule has 0 amide bonds. The Morgan fingerprint density at radius 1 is 1.31 bits per heavy atom. The fourth-order valence-electron chi connectivity index (χ4n) is 2.78. The summed E-state index contributed by atoms with van der Waals surface area (Å²) in [5.74, 6) is 0. The van der Waals surface area contributed by atoms with Gasteiger partial charge in [0.2, 0.25) is 0 Å². The predicted molar refractivity (Wildman–Crippen MR) is 67.2 cm³/mol. The maximum Gasteiger partial charge on any atom is 0.143 e. The zero-order valence-corrected chi connectivity index (χ0v) is 10.3. The van der Waals surface area contributed by atoms with Crippen LogP contribution in [0.5, 0.6) is 0 Å². The molecule has 86 valence electrons. The Kier molecular flexibility index (Phi) is 3.13. The number of aldehydes is 1. The minimum absolute atomic E-state index is 0.528. The number of carbonyl (C=O) groups excluding carboxylic acids is 1. The summed E-state index contributed by atoms with van der Waals surface area (Å²) >= 11 is 0. The zero-order chi connectivity index (χ0) is 11.6. The van der Waals surface area contributed by atoms with Crippen LogP contribution >= 0.6 is 0 Å². The molecule has 0 atom stereocenters. The van der Waals surface area contributed by atoms with Gasteiger partial charge in [0.25, 0.3) is 0 Å². The van der Waals surface area contributed by atoms with Gasteiger partial charge in [0.15, 0.2) is 0 Å². The monoisotopic (exact) mass is 216 g/mol. The highest BCUT2D eigenvalue weighted by Crippen LogP contribution is 2.59. The molecule has 0 heterocycles. The van der Waals surface area contributed by atoms with E-state index in [0.717, 1.165) is 11.9 Å². The standard InChI is InChI=1S/C15H20O/c1-12(7-11-16)5-6-14-13(2)4-3-8-15(14)9-10-15/h5-7,11H,3-4,8-10H2,1-2H3/b6-5+,12-7+. The van der Waals surface area contributed by atoms with Crippen LogP contribution in [0.2, 0.25) is 0 Å². The molecule has 0 bridgehead atoms. The van der Waals surface area contributed by atoms with Gasteiger partial charge in [0.05, 0.1) is 0 Å². The van der Waals surface area contributed by atoms with Crippen molar-refractivity contribution in [3.63, 3.8) is 0 Å². The van der Waals surface area contributed by atoms with E-state index in [9.17, 15) is 4.79 Å². The van der Waals surface area contributed by atoms with E-state index in [0.29, 0.717) is 5.41 Å². The van der Waals surface area contributed by atoms with Crippen molar-refractivity contribution in [1.29, 1.82) is 0 Å². The molecule has 0 radical (unpaired) electrons. The van der Waals surface area contributed by atoms with Gasteiger partial charge in [-0.3, -0.25) is 4.79 Å². The molecule has 0 saturated heterocycles. The Balaban J connectivity index is 2.19. The van der Waals surface area contributed by atoms with E-state index in [-0.39, 0.29) is 0 Å². The van der Waals surface area contributed by atoms with E-state index in [1.807, 2.05) is 6.92 Å². The Morgan fingerprint density at radius 2 is 2.06 bits per heavy atom. The summed E-state index contributed by atoms with van der Waals surface area (Å²) in [5.41, 5.74) is 4.67. The Morgan fingerprint density at radius 3 is 2.69 bits per heavy atom. The molecule has 0 aromatic heterocycles. The molecule has 0 unspecified atom stereocenters. The summed E-state index contributed by atoms with van der Waals surface area (Å²) in [6.07, 6.45) is 13.5. The van der Waals surface area contributed by atoms with E-state index < -0.39 is 0 Å². The highest BCUT2D eigenvalue weighted by Gasteiger charge is 2.46. The van der Waals surface area contributed by atoms with E-state index >= 15 is 0 Å². The second-order valence-corrected chi connectivity index (χ2v) is 5.21. The largest absolute Gasteiger partial charge is 0.299 e. The maximum atomic E-state index is 10.3. The van der Waals surface area contributed by atoms with Gasteiger partial charge in [-0.15, -0.1) is 0 Å². The number of rotatable bonds is 3. The molecule has 2 aliphatic rings. The summed E-state index contributed by atoms with van der Waals surface area (Å²) < 4.78 is 0. The lowest BCUT2D eigenvalue weighted by atomic mass is 9.80. The molecule has 2 aliphatic carbocycles. The van der Waals surface area contributed by atoms with Gasteiger partial charge >= 0.3 is 0 Å². The first-order valence-electron chi connectivity index (χ1n) is 6.18. The van der Waals surface area contributed by atoms with Gasteiger partial charge in [-0.2, -0.15) is 0 Å². The highest BCUT2D eigenvalue weighted by molar-refractivity contribution is 5.67. The van der Waals surface area contributed by atoms with Crippen molar-refractivity contribution >= 4 is 6.29 Å². The van der Waals surface area contributed by atoms with Crippen molar-refractivity contribution in [2.75, 3.05) is 0 Å². The number of hydrogen-bond acceptors (Lipinski definition) is 1. The van der Waals surface area contributed by atoms with Crippen molar-refractivity contribution in [3.05, 3.63) is 34.9 Å². The second-order valence-electron chi connectivity index (χ2n) is 5.21. The summed E-state index contributed by atoms with van der Waals surface area (Å²) in [6, 6.07) is 0. The molecule has 0 N–H and O–H groups in total. The third kappa shape index (κ3) is 2.18.